The third-order valence-electron chi connectivity index (χ3n) is 4.49. The first-order valence-electron chi connectivity index (χ1n) is 8.29. The number of carboxylic acid groups (broad SMARTS) is 1. The SMILES string of the molecule is Cc1ccc2c(c1)OC(C(C)C)CN2Cc1ccccc1C(=O)O. The number of aromatic carboxylic acids is 1. The van der Waals surface area contributed by atoms with Gasteiger partial charge in [0.15, 0.2) is 0 Å². The molecule has 126 valence electrons. The molecule has 0 bridgehead atoms. The van der Waals surface area contributed by atoms with Crippen LogP contribution in [-0.4, -0.2) is 23.7 Å². The normalized spacial score (nSPS) is 16.7. The van der Waals surface area contributed by atoms with Crippen molar-refractivity contribution >= 4 is 11.7 Å². The molecule has 0 aliphatic carbocycles. The van der Waals surface area contributed by atoms with E-state index in [4.69, 9.17) is 4.74 Å². The van der Waals surface area contributed by atoms with E-state index in [0.717, 1.165) is 29.1 Å². The predicted octanol–water partition coefficient (Wildman–Crippen LogP) is 4.12. The molecule has 1 unspecified atom stereocenters. The van der Waals surface area contributed by atoms with Crippen LogP contribution < -0.4 is 9.64 Å². The molecule has 0 aromatic heterocycles. The Morgan fingerprint density at radius 2 is 2.04 bits per heavy atom. The van der Waals surface area contributed by atoms with Crippen LogP contribution in [0.2, 0.25) is 0 Å². The summed E-state index contributed by atoms with van der Waals surface area (Å²) in [5.74, 6) is 0.382. The van der Waals surface area contributed by atoms with E-state index in [1.54, 1.807) is 12.1 Å². The zero-order valence-electron chi connectivity index (χ0n) is 14.3. The molecule has 1 heterocycles. The molecule has 4 nitrogen and oxygen atoms in total. The maximum Gasteiger partial charge on any atom is 0.336 e. The topological polar surface area (TPSA) is 49.8 Å². The number of nitrogens with zero attached hydrogens (tertiary/aromatic N) is 1. The van der Waals surface area contributed by atoms with Crippen LogP contribution in [0.5, 0.6) is 5.75 Å². The minimum atomic E-state index is -0.886. The Morgan fingerprint density at radius 3 is 2.75 bits per heavy atom. The summed E-state index contributed by atoms with van der Waals surface area (Å²) in [6, 6.07) is 13.4. The highest BCUT2D eigenvalue weighted by molar-refractivity contribution is 5.89. The number of aryl methyl sites for hydroxylation is 1. The second-order valence-electron chi connectivity index (χ2n) is 6.71. The fourth-order valence-corrected chi connectivity index (χ4v) is 3.06. The Morgan fingerprint density at radius 1 is 1.29 bits per heavy atom. The fourth-order valence-electron chi connectivity index (χ4n) is 3.06. The highest BCUT2D eigenvalue weighted by atomic mass is 16.5. The van der Waals surface area contributed by atoms with E-state index in [9.17, 15) is 9.90 Å². The Kier molecular flexibility index (Phi) is 4.47. The van der Waals surface area contributed by atoms with Crippen molar-refractivity contribution in [2.24, 2.45) is 5.92 Å². The van der Waals surface area contributed by atoms with Crippen LogP contribution in [0.25, 0.3) is 0 Å². The van der Waals surface area contributed by atoms with Crippen molar-refractivity contribution in [3.05, 3.63) is 59.2 Å². The average Bonchev–Trinajstić information content (AvgIpc) is 2.54. The van der Waals surface area contributed by atoms with Crippen LogP contribution in [0.3, 0.4) is 0 Å². The molecule has 3 rings (SSSR count). The summed E-state index contributed by atoms with van der Waals surface area (Å²) in [6.45, 7) is 7.66. The van der Waals surface area contributed by atoms with E-state index in [-0.39, 0.29) is 6.10 Å². The van der Waals surface area contributed by atoms with E-state index in [1.165, 1.54) is 0 Å². The van der Waals surface area contributed by atoms with Crippen molar-refractivity contribution in [1.82, 2.24) is 0 Å². The molecule has 0 saturated heterocycles. The summed E-state index contributed by atoms with van der Waals surface area (Å²) in [5.41, 5.74) is 3.36. The van der Waals surface area contributed by atoms with E-state index < -0.39 is 5.97 Å². The van der Waals surface area contributed by atoms with Crippen LogP contribution >= 0.6 is 0 Å². The van der Waals surface area contributed by atoms with Crippen molar-refractivity contribution in [1.29, 1.82) is 0 Å². The lowest BCUT2D eigenvalue weighted by atomic mass is 10.0. The summed E-state index contributed by atoms with van der Waals surface area (Å²) in [7, 11) is 0. The molecule has 2 aromatic rings. The zero-order chi connectivity index (χ0) is 17.3. The number of rotatable bonds is 4. The quantitative estimate of drug-likeness (QED) is 0.919. The lowest BCUT2D eigenvalue weighted by Crippen LogP contribution is -2.42. The second kappa shape index (κ2) is 6.56. The number of hydrogen-bond acceptors (Lipinski definition) is 3. The van der Waals surface area contributed by atoms with Gasteiger partial charge in [0.1, 0.15) is 11.9 Å². The number of hydrogen-bond donors (Lipinski definition) is 1. The summed E-state index contributed by atoms with van der Waals surface area (Å²) in [5, 5.41) is 9.42. The van der Waals surface area contributed by atoms with Gasteiger partial charge in [-0.25, -0.2) is 4.79 Å². The molecule has 24 heavy (non-hydrogen) atoms. The van der Waals surface area contributed by atoms with Gasteiger partial charge in [0.05, 0.1) is 17.8 Å². The maximum atomic E-state index is 11.5. The average molecular weight is 325 g/mol. The van der Waals surface area contributed by atoms with E-state index >= 15 is 0 Å². The summed E-state index contributed by atoms with van der Waals surface area (Å²) >= 11 is 0. The smallest absolute Gasteiger partial charge is 0.336 e. The molecule has 1 aliphatic heterocycles. The fraction of sp³-hybridized carbons (Fsp3) is 0.350. The molecule has 0 fully saturated rings. The van der Waals surface area contributed by atoms with Gasteiger partial charge in [-0.3, -0.25) is 0 Å². The molecular formula is C20H23NO3. The molecule has 0 spiro atoms. The van der Waals surface area contributed by atoms with Crippen LogP contribution in [0, 0.1) is 12.8 Å². The van der Waals surface area contributed by atoms with Crippen molar-refractivity contribution in [3.8, 4) is 5.75 Å². The monoisotopic (exact) mass is 325 g/mol. The first-order valence-corrected chi connectivity index (χ1v) is 8.29. The van der Waals surface area contributed by atoms with Gasteiger partial charge < -0.3 is 14.7 Å². The molecule has 0 saturated carbocycles. The lowest BCUT2D eigenvalue weighted by molar-refractivity contribution is 0.0695. The number of carbonyl (C=O) groups is 1. The standard InChI is InChI=1S/C20H23NO3/c1-13(2)19-12-21(17-9-8-14(3)10-18(17)24-19)11-15-6-4-5-7-16(15)20(22)23/h4-10,13,19H,11-12H2,1-3H3,(H,22,23). The number of anilines is 1. The van der Waals surface area contributed by atoms with Gasteiger partial charge in [-0.1, -0.05) is 38.1 Å². The Labute approximate surface area is 142 Å². The minimum Gasteiger partial charge on any atom is -0.486 e. The summed E-state index contributed by atoms with van der Waals surface area (Å²) in [6.07, 6.45) is 0.0938. The van der Waals surface area contributed by atoms with E-state index in [0.29, 0.717) is 18.0 Å². The molecule has 2 aromatic carbocycles. The summed E-state index contributed by atoms with van der Waals surface area (Å²) < 4.78 is 6.16. The largest absolute Gasteiger partial charge is 0.486 e. The van der Waals surface area contributed by atoms with Gasteiger partial charge in [0.25, 0.3) is 0 Å². The highest BCUT2D eigenvalue weighted by Crippen LogP contribution is 2.36. The van der Waals surface area contributed by atoms with Crippen LogP contribution in [0.15, 0.2) is 42.5 Å². The number of fused-ring (bicyclic) bond motifs is 1. The van der Waals surface area contributed by atoms with Crippen molar-refractivity contribution < 1.29 is 14.6 Å². The molecule has 0 radical (unpaired) electrons. The number of carboxylic acids is 1. The highest BCUT2D eigenvalue weighted by Gasteiger charge is 2.28. The van der Waals surface area contributed by atoms with E-state index in [1.807, 2.05) is 19.1 Å². The molecule has 1 N–H and O–H groups in total. The van der Waals surface area contributed by atoms with Gasteiger partial charge in [-0.05, 0) is 42.2 Å². The van der Waals surface area contributed by atoms with Crippen molar-refractivity contribution in [3.63, 3.8) is 0 Å². The molecule has 1 aliphatic rings. The molecule has 1 atom stereocenters. The Bertz CT molecular complexity index is 754. The molecule has 4 heteroatoms. The third-order valence-corrected chi connectivity index (χ3v) is 4.49. The van der Waals surface area contributed by atoms with Gasteiger partial charge in [0.2, 0.25) is 0 Å². The van der Waals surface area contributed by atoms with Gasteiger partial charge in [-0.15, -0.1) is 0 Å². The van der Waals surface area contributed by atoms with Gasteiger partial charge >= 0.3 is 5.97 Å². The van der Waals surface area contributed by atoms with Crippen molar-refractivity contribution in [2.45, 2.75) is 33.4 Å². The minimum absolute atomic E-state index is 0.0938. The van der Waals surface area contributed by atoms with Gasteiger partial charge in [0, 0.05) is 6.54 Å². The predicted molar refractivity (Wildman–Crippen MR) is 94.9 cm³/mol. The van der Waals surface area contributed by atoms with Crippen LogP contribution in [0.1, 0.15) is 35.3 Å². The molecular weight excluding hydrogens is 302 g/mol. The van der Waals surface area contributed by atoms with Crippen molar-refractivity contribution in [2.75, 3.05) is 11.4 Å². The van der Waals surface area contributed by atoms with Gasteiger partial charge in [-0.2, -0.15) is 0 Å². The molecule has 0 amide bonds. The second-order valence-corrected chi connectivity index (χ2v) is 6.71. The summed E-state index contributed by atoms with van der Waals surface area (Å²) in [4.78, 5) is 13.7. The van der Waals surface area contributed by atoms with Crippen LogP contribution in [0.4, 0.5) is 5.69 Å². The number of benzene rings is 2. The van der Waals surface area contributed by atoms with E-state index in [2.05, 4.69) is 36.9 Å². The van der Waals surface area contributed by atoms with Crippen LogP contribution in [-0.2, 0) is 6.54 Å². The lowest BCUT2D eigenvalue weighted by Gasteiger charge is -2.38. The Balaban J connectivity index is 1.97. The number of ether oxygens (including phenoxy) is 1. The first kappa shape index (κ1) is 16.4. The Hall–Kier alpha value is -2.49. The maximum absolute atomic E-state index is 11.5. The third kappa shape index (κ3) is 3.23. The zero-order valence-corrected chi connectivity index (χ0v) is 14.3. The first-order chi connectivity index (χ1) is 11.5.